The van der Waals surface area contributed by atoms with Gasteiger partial charge in [-0.15, -0.1) is 0 Å². The summed E-state index contributed by atoms with van der Waals surface area (Å²) in [5.74, 6) is -0.0292. The zero-order valence-corrected chi connectivity index (χ0v) is 16.0. The smallest absolute Gasteiger partial charge is 0.292 e. The number of carbonyl (C=O) groups excluding carboxylic acids is 1. The predicted octanol–water partition coefficient (Wildman–Crippen LogP) is 3.73. The summed E-state index contributed by atoms with van der Waals surface area (Å²) < 4.78 is 7.20. The van der Waals surface area contributed by atoms with Crippen molar-refractivity contribution in [1.82, 2.24) is 14.3 Å². The van der Waals surface area contributed by atoms with Crippen LogP contribution in [0.1, 0.15) is 16.3 Å². The van der Waals surface area contributed by atoms with Gasteiger partial charge in [-0.3, -0.25) is 14.1 Å². The van der Waals surface area contributed by atoms with Gasteiger partial charge in [-0.2, -0.15) is 0 Å². The van der Waals surface area contributed by atoms with Crippen LogP contribution in [-0.4, -0.2) is 46.5 Å². The first-order chi connectivity index (χ1) is 13.1. The largest absolute Gasteiger partial charge is 0.379 e. The Bertz CT molecular complexity index is 983. The van der Waals surface area contributed by atoms with E-state index in [2.05, 4.69) is 15.2 Å². The van der Waals surface area contributed by atoms with E-state index >= 15 is 0 Å². The highest BCUT2D eigenvalue weighted by Gasteiger charge is 2.20. The summed E-state index contributed by atoms with van der Waals surface area (Å²) >= 11 is 12.2. The van der Waals surface area contributed by atoms with Crippen molar-refractivity contribution in [3.63, 3.8) is 0 Å². The second-order valence-electron chi connectivity index (χ2n) is 6.28. The van der Waals surface area contributed by atoms with Crippen molar-refractivity contribution in [3.8, 4) is 0 Å². The molecule has 4 rings (SSSR count). The lowest BCUT2D eigenvalue weighted by atomic mass is 10.3. The Morgan fingerprint density at radius 2 is 1.96 bits per heavy atom. The molecule has 0 spiro atoms. The number of imidazole rings is 1. The highest BCUT2D eigenvalue weighted by Crippen LogP contribution is 2.30. The molecule has 140 valence electrons. The van der Waals surface area contributed by atoms with Crippen LogP contribution in [0.4, 0.5) is 5.69 Å². The highest BCUT2D eigenvalue weighted by atomic mass is 35.5. The average molecular weight is 405 g/mol. The molecule has 1 aromatic carbocycles. The molecule has 0 unspecified atom stereocenters. The zero-order chi connectivity index (χ0) is 18.8. The number of pyridine rings is 1. The summed E-state index contributed by atoms with van der Waals surface area (Å²) in [6, 6.07) is 10.9. The third kappa shape index (κ3) is 3.80. The lowest BCUT2D eigenvalue weighted by Crippen LogP contribution is -2.35. The molecular weight excluding hydrogens is 387 g/mol. The Kier molecular flexibility index (Phi) is 5.31. The Morgan fingerprint density at radius 3 is 2.78 bits per heavy atom. The number of nitrogens with one attached hydrogen (secondary N) is 1. The Labute approximate surface area is 166 Å². The molecule has 1 fully saturated rings. The maximum atomic E-state index is 12.9. The van der Waals surface area contributed by atoms with Gasteiger partial charge in [-0.1, -0.05) is 35.3 Å². The first-order valence-corrected chi connectivity index (χ1v) is 9.40. The van der Waals surface area contributed by atoms with Crippen molar-refractivity contribution in [2.24, 2.45) is 0 Å². The van der Waals surface area contributed by atoms with Crippen molar-refractivity contribution in [2.75, 3.05) is 31.6 Å². The molecule has 27 heavy (non-hydrogen) atoms. The molecule has 1 N–H and O–H groups in total. The van der Waals surface area contributed by atoms with Gasteiger partial charge in [0.15, 0.2) is 0 Å². The summed E-state index contributed by atoms with van der Waals surface area (Å²) in [6.07, 6.45) is 1.83. The summed E-state index contributed by atoms with van der Waals surface area (Å²) in [5, 5.41) is 3.50. The second kappa shape index (κ2) is 7.86. The number of amides is 1. The first-order valence-electron chi connectivity index (χ1n) is 8.65. The molecule has 0 radical (unpaired) electrons. The van der Waals surface area contributed by atoms with Crippen LogP contribution in [0.3, 0.4) is 0 Å². The Morgan fingerprint density at radius 1 is 1.15 bits per heavy atom. The topological polar surface area (TPSA) is 58.9 Å². The zero-order valence-electron chi connectivity index (χ0n) is 14.5. The van der Waals surface area contributed by atoms with Crippen molar-refractivity contribution < 1.29 is 9.53 Å². The van der Waals surface area contributed by atoms with Gasteiger partial charge in [0.25, 0.3) is 5.91 Å². The number of nitrogens with zero attached hydrogens (tertiary/aromatic N) is 3. The van der Waals surface area contributed by atoms with Crippen LogP contribution in [0.5, 0.6) is 0 Å². The minimum Gasteiger partial charge on any atom is -0.379 e. The molecule has 3 aromatic rings. The molecule has 8 heteroatoms. The summed E-state index contributed by atoms with van der Waals surface area (Å²) in [7, 11) is 0. The molecule has 3 heterocycles. The summed E-state index contributed by atoms with van der Waals surface area (Å²) in [4.78, 5) is 19.8. The predicted molar refractivity (Wildman–Crippen MR) is 106 cm³/mol. The summed E-state index contributed by atoms with van der Waals surface area (Å²) in [6.45, 7) is 3.80. The van der Waals surface area contributed by atoms with E-state index in [1.807, 2.05) is 24.4 Å². The average Bonchev–Trinajstić information content (AvgIpc) is 3.05. The van der Waals surface area contributed by atoms with Gasteiger partial charge in [0.05, 0.1) is 40.2 Å². The van der Waals surface area contributed by atoms with E-state index in [1.54, 1.807) is 22.6 Å². The monoisotopic (exact) mass is 404 g/mol. The number of rotatable bonds is 4. The third-order valence-corrected chi connectivity index (χ3v) is 5.32. The molecule has 1 saturated heterocycles. The van der Waals surface area contributed by atoms with Crippen LogP contribution in [0.25, 0.3) is 5.52 Å². The number of carbonyl (C=O) groups is 1. The molecule has 0 atom stereocenters. The number of aromatic nitrogens is 2. The van der Waals surface area contributed by atoms with E-state index in [9.17, 15) is 4.79 Å². The minimum atomic E-state index is -0.339. The highest BCUT2D eigenvalue weighted by molar-refractivity contribution is 6.44. The van der Waals surface area contributed by atoms with Crippen LogP contribution < -0.4 is 5.32 Å². The molecule has 2 aromatic heterocycles. The molecule has 0 bridgehead atoms. The van der Waals surface area contributed by atoms with Crippen LogP contribution in [0.2, 0.25) is 10.0 Å². The molecule has 6 nitrogen and oxygen atoms in total. The van der Waals surface area contributed by atoms with E-state index in [0.717, 1.165) is 24.3 Å². The van der Waals surface area contributed by atoms with Crippen LogP contribution in [0, 0.1) is 0 Å². The van der Waals surface area contributed by atoms with Gasteiger partial charge in [-0.05, 0) is 24.3 Å². The Balaban J connectivity index is 1.64. The fourth-order valence-corrected chi connectivity index (χ4v) is 3.48. The van der Waals surface area contributed by atoms with Crippen molar-refractivity contribution in [2.45, 2.75) is 6.54 Å². The van der Waals surface area contributed by atoms with Gasteiger partial charge in [-0.25, -0.2) is 4.98 Å². The van der Waals surface area contributed by atoms with Crippen molar-refractivity contribution in [3.05, 3.63) is 64.2 Å². The number of hydrogen-bond donors (Lipinski definition) is 1. The second-order valence-corrected chi connectivity index (χ2v) is 7.07. The molecular formula is C19H18Cl2N4O2. The van der Waals surface area contributed by atoms with Crippen LogP contribution >= 0.6 is 23.2 Å². The lowest BCUT2D eigenvalue weighted by molar-refractivity contribution is 0.0338. The fourth-order valence-electron chi connectivity index (χ4n) is 3.13. The molecule has 1 aliphatic heterocycles. The molecule has 0 aliphatic carbocycles. The maximum absolute atomic E-state index is 12.9. The SMILES string of the molecule is O=C(Nc1cccc(Cl)c1Cl)c1nc(CN2CCOCC2)c2ccccn12. The quantitative estimate of drug-likeness (QED) is 0.719. The van der Waals surface area contributed by atoms with E-state index in [1.165, 1.54) is 0 Å². The van der Waals surface area contributed by atoms with E-state index < -0.39 is 0 Å². The van der Waals surface area contributed by atoms with Gasteiger partial charge in [0.1, 0.15) is 0 Å². The normalized spacial score (nSPS) is 15.2. The lowest BCUT2D eigenvalue weighted by Gasteiger charge is -2.25. The van der Waals surface area contributed by atoms with Gasteiger partial charge in [0.2, 0.25) is 5.82 Å². The third-order valence-electron chi connectivity index (χ3n) is 4.50. The number of fused-ring (bicyclic) bond motifs is 1. The number of ether oxygens (including phenoxy) is 1. The maximum Gasteiger partial charge on any atom is 0.292 e. The number of anilines is 1. The molecule has 0 saturated carbocycles. The number of benzene rings is 1. The minimum absolute atomic E-state index is 0.307. The van der Waals surface area contributed by atoms with Gasteiger partial charge >= 0.3 is 0 Å². The van der Waals surface area contributed by atoms with Crippen molar-refractivity contribution >= 4 is 40.3 Å². The van der Waals surface area contributed by atoms with Gasteiger partial charge in [0, 0.05) is 25.8 Å². The van der Waals surface area contributed by atoms with Crippen LogP contribution in [0.15, 0.2) is 42.6 Å². The Hall–Kier alpha value is -2.12. The first kappa shape index (κ1) is 18.3. The van der Waals surface area contributed by atoms with E-state index in [4.69, 9.17) is 27.9 Å². The summed E-state index contributed by atoms with van der Waals surface area (Å²) in [5.41, 5.74) is 2.22. The van der Waals surface area contributed by atoms with Gasteiger partial charge < -0.3 is 10.1 Å². The number of morpholine rings is 1. The number of hydrogen-bond acceptors (Lipinski definition) is 4. The molecule has 1 amide bonds. The van der Waals surface area contributed by atoms with E-state index in [0.29, 0.717) is 41.3 Å². The van der Waals surface area contributed by atoms with Crippen molar-refractivity contribution in [1.29, 1.82) is 0 Å². The van der Waals surface area contributed by atoms with Crippen LogP contribution in [-0.2, 0) is 11.3 Å². The fraction of sp³-hybridized carbons (Fsp3) is 0.263. The standard InChI is InChI=1S/C19H18Cl2N4O2/c20-13-4-3-5-14(17(13)21)23-19(26)18-22-15(12-24-8-10-27-11-9-24)16-6-1-2-7-25(16)18/h1-7H,8-12H2,(H,23,26). The number of halogens is 2. The van der Waals surface area contributed by atoms with E-state index in [-0.39, 0.29) is 5.91 Å². The molecule has 1 aliphatic rings.